The van der Waals surface area contributed by atoms with Crippen LogP contribution in [0.1, 0.15) is 22.5 Å². The number of hydrogen-bond donors (Lipinski definition) is 2. The summed E-state index contributed by atoms with van der Waals surface area (Å²) in [6.45, 7) is 1.27. The maximum Gasteiger partial charge on any atom is 0.349 e. The molecule has 1 amide bonds. The molecule has 18 heavy (non-hydrogen) atoms. The highest BCUT2D eigenvalue weighted by Crippen LogP contribution is 2.32. The van der Waals surface area contributed by atoms with Gasteiger partial charge in [-0.25, -0.2) is 9.78 Å². The number of amides is 1. The van der Waals surface area contributed by atoms with Gasteiger partial charge < -0.3 is 15.7 Å². The Balaban J connectivity index is 2.08. The van der Waals surface area contributed by atoms with E-state index in [-0.39, 0.29) is 21.9 Å². The molecular weight excluding hydrogens is 278 g/mol. The predicted octanol–water partition coefficient (Wildman–Crippen LogP) is 1.20. The van der Waals surface area contributed by atoms with Crippen LogP contribution < -0.4 is 10.6 Å². The summed E-state index contributed by atoms with van der Waals surface area (Å²) in [5, 5.41) is 9.50. The third-order valence-corrected chi connectivity index (χ3v) is 4.43. The lowest BCUT2D eigenvalue weighted by atomic mass is 9.97. The fourth-order valence-corrected chi connectivity index (χ4v) is 3.09. The molecule has 1 saturated heterocycles. The van der Waals surface area contributed by atoms with E-state index in [1.165, 1.54) is 0 Å². The van der Waals surface area contributed by atoms with E-state index in [2.05, 4.69) is 4.98 Å². The molecule has 2 rings (SSSR count). The summed E-state index contributed by atoms with van der Waals surface area (Å²) in [5.74, 6) is -1.45. The van der Waals surface area contributed by atoms with Crippen LogP contribution in [0.3, 0.4) is 0 Å². The van der Waals surface area contributed by atoms with Gasteiger partial charge in [0.05, 0.1) is 0 Å². The first-order valence-corrected chi connectivity index (χ1v) is 6.62. The van der Waals surface area contributed by atoms with E-state index < -0.39 is 5.97 Å². The Morgan fingerprint density at radius 3 is 2.50 bits per heavy atom. The van der Waals surface area contributed by atoms with E-state index in [1.54, 1.807) is 0 Å². The van der Waals surface area contributed by atoms with Crippen LogP contribution in [-0.4, -0.2) is 35.1 Å². The lowest BCUT2D eigenvalue weighted by molar-refractivity contribution is -0.122. The molecule has 1 aliphatic rings. The van der Waals surface area contributed by atoms with Gasteiger partial charge in [0, 0.05) is 19.0 Å². The Kier molecular flexibility index (Phi) is 3.72. The molecule has 1 aromatic heterocycles. The van der Waals surface area contributed by atoms with Crippen molar-refractivity contribution in [3.8, 4) is 0 Å². The van der Waals surface area contributed by atoms with Crippen LogP contribution in [0, 0.1) is 5.92 Å². The number of hydrogen-bond acceptors (Lipinski definition) is 5. The number of nitrogens with zero attached hydrogens (tertiary/aromatic N) is 2. The second-order valence-electron chi connectivity index (χ2n) is 4.09. The van der Waals surface area contributed by atoms with Gasteiger partial charge in [-0.05, 0) is 12.8 Å². The quantitative estimate of drug-likeness (QED) is 0.871. The molecule has 1 aliphatic heterocycles. The lowest BCUT2D eigenvalue weighted by Crippen LogP contribution is -2.38. The molecule has 1 fully saturated rings. The molecule has 3 N–H and O–H groups in total. The fourth-order valence-electron chi connectivity index (χ4n) is 1.91. The average Bonchev–Trinajstić information content (AvgIpc) is 2.71. The fraction of sp³-hybridized carbons (Fsp3) is 0.500. The summed E-state index contributed by atoms with van der Waals surface area (Å²) in [6, 6.07) is 0. The minimum Gasteiger partial charge on any atom is -0.477 e. The SMILES string of the molecule is NC(=O)C1CCN(c2nc(Cl)c(C(=O)O)s2)CC1. The molecular formula is C10H12ClN3O3S. The minimum absolute atomic E-state index is 0.0134. The number of anilines is 1. The number of halogens is 1. The number of thiazole rings is 1. The number of primary amides is 1. The van der Waals surface area contributed by atoms with Crippen molar-refractivity contribution < 1.29 is 14.7 Å². The molecule has 0 unspecified atom stereocenters. The molecule has 6 nitrogen and oxygen atoms in total. The molecule has 0 spiro atoms. The van der Waals surface area contributed by atoms with Gasteiger partial charge >= 0.3 is 5.97 Å². The highest BCUT2D eigenvalue weighted by molar-refractivity contribution is 7.18. The Labute approximate surface area is 112 Å². The summed E-state index contributed by atoms with van der Waals surface area (Å²) in [5.41, 5.74) is 5.25. The van der Waals surface area contributed by atoms with Gasteiger partial charge in [-0.2, -0.15) is 0 Å². The van der Waals surface area contributed by atoms with Crippen molar-refractivity contribution in [3.63, 3.8) is 0 Å². The van der Waals surface area contributed by atoms with E-state index in [0.29, 0.717) is 31.1 Å². The zero-order valence-corrected chi connectivity index (χ0v) is 11.0. The Morgan fingerprint density at radius 2 is 2.06 bits per heavy atom. The standard InChI is InChI=1S/C10H12ClN3O3S/c11-7-6(9(16)17)18-10(13-7)14-3-1-5(2-4-14)8(12)15/h5H,1-4H2,(H2,12,15)(H,16,17). The van der Waals surface area contributed by atoms with Crippen LogP contribution in [0.2, 0.25) is 5.15 Å². The Hall–Kier alpha value is -1.34. The molecule has 1 aromatic rings. The molecule has 0 aromatic carbocycles. The number of nitrogens with two attached hydrogens (primary N) is 1. The summed E-state index contributed by atoms with van der Waals surface area (Å²) in [6.07, 6.45) is 1.32. The van der Waals surface area contributed by atoms with E-state index >= 15 is 0 Å². The molecule has 0 aliphatic carbocycles. The Bertz CT molecular complexity index is 483. The lowest BCUT2D eigenvalue weighted by Gasteiger charge is -2.30. The molecule has 8 heteroatoms. The first-order valence-electron chi connectivity index (χ1n) is 5.43. The molecule has 0 atom stereocenters. The normalized spacial score (nSPS) is 16.8. The zero-order valence-electron chi connectivity index (χ0n) is 9.43. The van der Waals surface area contributed by atoms with Crippen LogP contribution >= 0.6 is 22.9 Å². The zero-order chi connectivity index (χ0) is 13.3. The van der Waals surface area contributed by atoms with Crippen molar-refractivity contribution >= 4 is 39.9 Å². The highest BCUT2D eigenvalue weighted by Gasteiger charge is 2.26. The van der Waals surface area contributed by atoms with Crippen LogP contribution in [0.15, 0.2) is 0 Å². The minimum atomic E-state index is -1.07. The highest BCUT2D eigenvalue weighted by atomic mass is 35.5. The molecule has 2 heterocycles. The van der Waals surface area contributed by atoms with Crippen molar-refractivity contribution in [3.05, 3.63) is 10.0 Å². The van der Waals surface area contributed by atoms with E-state index in [1.807, 2.05) is 4.90 Å². The van der Waals surface area contributed by atoms with Crippen LogP contribution in [-0.2, 0) is 4.79 Å². The van der Waals surface area contributed by atoms with Crippen molar-refractivity contribution in [2.45, 2.75) is 12.8 Å². The van der Waals surface area contributed by atoms with Crippen LogP contribution in [0.25, 0.3) is 0 Å². The summed E-state index contributed by atoms with van der Waals surface area (Å²) in [4.78, 5) is 27.9. The molecule has 0 bridgehead atoms. The second-order valence-corrected chi connectivity index (χ2v) is 5.42. The van der Waals surface area contributed by atoms with Gasteiger partial charge in [0.2, 0.25) is 5.91 Å². The van der Waals surface area contributed by atoms with Gasteiger partial charge in [-0.1, -0.05) is 22.9 Å². The predicted molar refractivity (Wildman–Crippen MR) is 68.2 cm³/mol. The van der Waals surface area contributed by atoms with Gasteiger partial charge in [-0.15, -0.1) is 0 Å². The number of carbonyl (C=O) groups is 2. The van der Waals surface area contributed by atoms with Gasteiger partial charge in [0.1, 0.15) is 0 Å². The third kappa shape index (κ3) is 2.56. The van der Waals surface area contributed by atoms with Gasteiger partial charge in [-0.3, -0.25) is 4.79 Å². The number of carboxylic acid groups (broad SMARTS) is 1. The maximum atomic E-state index is 11.0. The second kappa shape index (κ2) is 5.11. The molecule has 0 saturated carbocycles. The number of aromatic carboxylic acids is 1. The third-order valence-electron chi connectivity index (χ3n) is 2.94. The van der Waals surface area contributed by atoms with E-state index in [0.717, 1.165) is 11.3 Å². The topological polar surface area (TPSA) is 96.5 Å². The monoisotopic (exact) mass is 289 g/mol. The van der Waals surface area contributed by atoms with Crippen LogP contribution in [0.5, 0.6) is 0 Å². The van der Waals surface area contributed by atoms with Crippen LogP contribution in [0.4, 0.5) is 5.13 Å². The smallest absolute Gasteiger partial charge is 0.349 e. The Morgan fingerprint density at radius 1 is 1.44 bits per heavy atom. The van der Waals surface area contributed by atoms with Crippen molar-refractivity contribution in [2.75, 3.05) is 18.0 Å². The first kappa shape index (κ1) is 13.1. The maximum absolute atomic E-state index is 11.0. The van der Waals surface area contributed by atoms with Crippen molar-refractivity contribution in [2.24, 2.45) is 11.7 Å². The molecule has 98 valence electrons. The number of carbonyl (C=O) groups excluding carboxylic acids is 1. The molecule has 0 radical (unpaired) electrons. The van der Waals surface area contributed by atoms with E-state index in [9.17, 15) is 9.59 Å². The number of aromatic nitrogens is 1. The van der Waals surface area contributed by atoms with Crippen molar-refractivity contribution in [1.82, 2.24) is 4.98 Å². The number of rotatable bonds is 3. The number of piperidine rings is 1. The average molecular weight is 290 g/mol. The van der Waals surface area contributed by atoms with Crippen molar-refractivity contribution in [1.29, 1.82) is 0 Å². The van der Waals surface area contributed by atoms with E-state index in [4.69, 9.17) is 22.4 Å². The summed E-state index contributed by atoms with van der Waals surface area (Å²) < 4.78 is 0. The summed E-state index contributed by atoms with van der Waals surface area (Å²) in [7, 11) is 0. The largest absolute Gasteiger partial charge is 0.477 e. The first-order chi connectivity index (χ1) is 8.49. The van der Waals surface area contributed by atoms with Gasteiger partial charge in [0.25, 0.3) is 0 Å². The summed E-state index contributed by atoms with van der Waals surface area (Å²) >= 11 is 6.81. The number of carboxylic acids is 1. The van der Waals surface area contributed by atoms with Gasteiger partial charge in [0.15, 0.2) is 15.2 Å².